The van der Waals surface area contributed by atoms with Gasteiger partial charge in [-0.25, -0.2) is 4.79 Å². The summed E-state index contributed by atoms with van der Waals surface area (Å²) in [4.78, 5) is 13.4. The summed E-state index contributed by atoms with van der Waals surface area (Å²) in [6.07, 6.45) is 6.81. The molecule has 0 unspecified atom stereocenters. The van der Waals surface area contributed by atoms with Crippen LogP contribution in [0.1, 0.15) is 45.4 Å². The maximum Gasteiger partial charge on any atom is 0.414 e. The Balaban J connectivity index is 2.41. The van der Waals surface area contributed by atoms with Crippen molar-refractivity contribution in [1.29, 1.82) is 0 Å². The van der Waals surface area contributed by atoms with Crippen LogP contribution in [0.5, 0.6) is 0 Å². The standard InChI is InChI=1S/C16H24NO2/c1-3-4-5-6-7-11-14-17(16(18)19-2)15-12-9-8-10-13-15/h8-10,12-13H,2-7,11,14H2,1H3. The van der Waals surface area contributed by atoms with Crippen molar-refractivity contribution in [3.8, 4) is 0 Å². The predicted molar refractivity (Wildman–Crippen MR) is 79.0 cm³/mol. The molecule has 0 aromatic heterocycles. The van der Waals surface area contributed by atoms with Gasteiger partial charge in [0.2, 0.25) is 0 Å². The first-order chi connectivity index (χ1) is 9.29. The molecule has 105 valence electrons. The smallest absolute Gasteiger partial charge is 0.414 e. The fourth-order valence-corrected chi connectivity index (χ4v) is 2.06. The van der Waals surface area contributed by atoms with E-state index in [1.807, 2.05) is 30.3 Å². The van der Waals surface area contributed by atoms with Gasteiger partial charge in [0.25, 0.3) is 0 Å². The highest BCUT2D eigenvalue weighted by molar-refractivity contribution is 5.87. The van der Waals surface area contributed by atoms with E-state index < -0.39 is 0 Å². The Morgan fingerprint density at radius 1 is 1.11 bits per heavy atom. The maximum absolute atomic E-state index is 11.7. The van der Waals surface area contributed by atoms with Gasteiger partial charge in [-0.15, -0.1) is 0 Å². The van der Waals surface area contributed by atoms with Gasteiger partial charge in [0.05, 0.1) is 0 Å². The predicted octanol–water partition coefficient (Wildman–Crippen LogP) is 4.78. The van der Waals surface area contributed by atoms with Crippen molar-refractivity contribution in [2.45, 2.75) is 45.4 Å². The molecular weight excluding hydrogens is 238 g/mol. The van der Waals surface area contributed by atoms with Crippen molar-refractivity contribution in [2.24, 2.45) is 0 Å². The molecule has 0 aliphatic heterocycles. The second-order valence-electron chi connectivity index (χ2n) is 4.67. The van der Waals surface area contributed by atoms with Crippen molar-refractivity contribution >= 4 is 11.8 Å². The minimum atomic E-state index is -0.389. The largest absolute Gasteiger partial charge is 0.446 e. The maximum atomic E-state index is 11.7. The Labute approximate surface area is 116 Å². The number of carbonyl (C=O) groups excluding carboxylic acids is 1. The third-order valence-corrected chi connectivity index (χ3v) is 3.15. The van der Waals surface area contributed by atoms with E-state index in [1.54, 1.807) is 4.90 Å². The molecule has 19 heavy (non-hydrogen) atoms. The first kappa shape index (κ1) is 15.5. The third kappa shape index (κ3) is 5.77. The van der Waals surface area contributed by atoms with E-state index in [4.69, 9.17) is 0 Å². The Kier molecular flexibility index (Phi) is 7.71. The van der Waals surface area contributed by atoms with Crippen molar-refractivity contribution in [2.75, 3.05) is 11.4 Å². The molecule has 0 bridgehead atoms. The second kappa shape index (κ2) is 9.42. The van der Waals surface area contributed by atoms with Crippen LogP contribution >= 0.6 is 0 Å². The zero-order valence-electron chi connectivity index (χ0n) is 11.8. The summed E-state index contributed by atoms with van der Waals surface area (Å²) < 4.78 is 4.60. The summed E-state index contributed by atoms with van der Waals surface area (Å²) >= 11 is 0. The molecule has 0 aliphatic carbocycles. The number of para-hydroxylation sites is 1. The topological polar surface area (TPSA) is 29.5 Å². The molecule has 0 spiro atoms. The van der Waals surface area contributed by atoms with Crippen molar-refractivity contribution in [3.05, 3.63) is 37.4 Å². The first-order valence-corrected chi connectivity index (χ1v) is 7.08. The molecule has 0 aliphatic rings. The summed E-state index contributed by atoms with van der Waals surface area (Å²) in [6, 6.07) is 9.59. The molecule has 0 atom stereocenters. The van der Waals surface area contributed by atoms with Crippen LogP contribution in [0, 0.1) is 7.11 Å². The number of benzene rings is 1. The number of carbonyl (C=O) groups is 1. The molecule has 1 radical (unpaired) electrons. The molecule has 1 amide bonds. The van der Waals surface area contributed by atoms with Crippen LogP contribution in [0.3, 0.4) is 0 Å². The van der Waals surface area contributed by atoms with Crippen molar-refractivity contribution in [3.63, 3.8) is 0 Å². The average molecular weight is 262 g/mol. The van der Waals surface area contributed by atoms with E-state index in [2.05, 4.69) is 18.8 Å². The van der Waals surface area contributed by atoms with Gasteiger partial charge < -0.3 is 4.74 Å². The highest BCUT2D eigenvalue weighted by atomic mass is 16.5. The van der Waals surface area contributed by atoms with Crippen LogP contribution in [0.15, 0.2) is 30.3 Å². The average Bonchev–Trinajstić information content (AvgIpc) is 2.47. The second-order valence-corrected chi connectivity index (χ2v) is 4.67. The summed E-state index contributed by atoms with van der Waals surface area (Å²) in [7, 11) is 3.21. The van der Waals surface area contributed by atoms with E-state index >= 15 is 0 Å². The van der Waals surface area contributed by atoms with Crippen molar-refractivity contribution < 1.29 is 9.53 Å². The molecule has 0 fully saturated rings. The van der Waals surface area contributed by atoms with Crippen LogP contribution in [0.25, 0.3) is 0 Å². The monoisotopic (exact) mass is 262 g/mol. The SMILES string of the molecule is [CH2]OC(=O)N(CCCCCCCC)c1ccccc1. The minimum Gasteiger partial charge on any atom is -0.446 e. The Hall–Kier alpha value is -1.51. The number of hydrogen-bond donors (Lipinski definition) is 0. The van der Waals surface area contributed by atoms with E-state index in [9.17, 15) is 4.79 Å². The molecule has 1 aromatic rings. The van der Waals surface area contributed by atoms with Crippen LogP contribution in [-0.4, -0.2) is 12.6 Å². The van der Waals surface area contributed by atoms with Gasteiger partial charge in [-0.1, -0.05) is 57.2 Å². The molecule has 1 rings (SSSR count). The van der Waals surface area contributed by atoms with E-state index in [0.717, 1.165) is 18.5 Å². The molecular formula is C16H24NO2. The molecule has 0 saturated heterocycles. The fraction of sp³-hybridized carbons (Fsp3) is 0.500. The Morgan fingerprint density at radius 2 is 1.74 bits per heavy atom. The Bertz CT molecular complexity index is 351. The normalized spacial score (nSPS) is 10.2. The van der Waals surface area contributed by atoms with Gasteiger partial charge in [0, 0.05) is 12.2 Å². The van der Waals surface area contributed by atoms with Gasteiger partial charge in [-0.05, 0) is 18.6 Å². The van der Waals surface area contributed by atoms with Gasteiger partial charge in [-0.2, -0.15) is 0 Å². The zero-order valence-corrected chi connectivity index (χ0v) is 11.8. The van der Waals surface area contributed by atoms with Crippen LogP contribution in [0.4, 0.5) is 10.5 Å². The molecule has 3 nitrogen and oxygen atoms in total. The van der Waals surface area contributed by atoms with Gasteiger partial charge >= 0.3 is 6.09 Å². The zero-order chi connectivity index (χ0) is 13.9. The van der Waals surface area contributed by atoms with E-state index in [0.29, 0.717) is 6.54 Å². The summed E-state index contributed by atoms with van der Waals surface area (Å²) in [6.45, 7) is 2.89. The lowest BCUT2D eigenvalue weighted by atomic mass is 10.1. The number of nitrogens with zero attached hydrogens (tertiary/aromatic N) is 1. The van der Waals surface area contributed by atoms with Crippen LogP contribution in [-0.2, 0) is 4.74 Å². The highest BCUT2D eigenvalue weighted by Gasteiger charge is 2.14. The lowest BCUT2D eigenvalue weighted by molar-refractivity contribution is 0.191. The lowest BCUT2D eigenvalue weighted by Crippen LogP contribution is -2.31. The quantitative estimate of drug-likeness (QED) is 0.631. The molecule has 0 N–H and O–H groups in total. The number of anilines is 1. The number of unbranched alkanes of at least 4 members (excludes halogenated alkanes) is 5. The molecule has 3 heteroatoms. The summed E-state index contributed by atoms with van der Waals surface area (Å²) in [5.74, 6) is 0. The van der Waals surface area contributed by atoms with Crippen LogP contribution in [0.2, 0.25) is 0 Å². The van der Waals surface area contributed by atoms with Crippen LogP contribution < -0.4 is 4.90 Å². The minimum absolute atomic E-state index is 0.389. The first-order valence-electron chi connectivity index (χ1n) is 7.08. The molecule has 1 aromatic carbocycles. The van der Waals surface area contributed by atoms with Gasteiger partial charge in [-0.3, -0.25) is 4.90 Å². The lowest BCUT2D eigenvalue weighted by Gasteiger charge is -2.21. The van der Waals surface area contributed by atoms with Crippen molar-refractivity contribution in [1.82, 2.24) is 0 Å². The van der Waals surface area contributed by atoms with Gasteiger partial charge in [0.1, 0.15) is 7.11 Å². The fourth-order valence-electron chi connectivity index (χ4n) is 2.06. The van der Waals surface area contributed by atoms with E-state index in [1.165, 1.54) is 25.7 Å². The molecule has 0 saturated carbocycles. The highest BCUT2D eigenvalue weighted by Crippen LogP contribution is 2.16. The Morgan fingerprint density at radius 3 is 2.37 bits per heavy atom. The number of hydrogen-bond acceptors (Lipinski definition) is 2. The number of rotatable bonds is 8. The number of ether oxygens (including phenoxy) is 1. The summed E-state index contributed by atoms with van der Waals surface area (Å²) in [5.41, 5.74) is 0.865. The molecule has 0 heterocycles. The third-order valence-electron chi connectivity index (χ3n) is 3.15. The number of amides is 1. The van der Waals surface area contributed by atoms with E-state index in [-0.39, 0.29) is 6.09 Å². The summed E-state index contributed by atoms with van der Waals surface area (Å²) in [5, 5.41) is 0. The van der Waals surface area contributed by atoms with Gasteiger partial charge in [0.15, 0.2) is 0 Å².